The largest absolute Gasteiger partial charge is 0.493 e. The molecule has 1 N–H and O–H groups in total. The van der Waals surface area contributed by atoms with Gasteiger partial charge in [0.15, 0.2) is 0 Å². The van der Waals surface area contributed by atoms with E-state index in [0.29, 0.717) is 6.61 Å². The predicted octanol–water partition coefficient (Wildman–Crippen LogP) is 5.57. The predicted molar refractivity (Wildman–Crippen MR) is 102 cm³/mol. The average Bonchev–Trinajstić information content (AvgIpc) is 2.50. The molecule has 2 aromatic rings. The molecule has 0 saturated heterocycles. The van der Waals surface area contributed by atoms with Crippen molar-refractivity contribution in [2.24, 2.45) is 0 Å². The van der Waals surface area contributed by atoms with Gasteiger partial charge < -0.3 is 10.1 Å². The average molecular weight is 439 g/mol. The van der Waals surface area contributed by atoms with Gasteiger partial charge in [-0.25, -0.2) is 0 Å². The Hall–Kier alpha value is -1.59. The number of ether oxygens (including phenoxy) is 1. The van der Waals surface area contributed by atoms with E-state index in [2.05, 4.69) is 37.2 Å². The summed E-state index contributed by atoms with van der Waals surface area (Å²) in [5, 5.41) is 2.85. The Bertz CT molecular complexity index is 742. The highest BCUT2D eigenvalue weighted by Gasteiger charge is 2.05. The van der Waals surface area contributed by atoms with Gasteiger partial charge in [-0.3, -0.25) is 4.79 Å². The van der Waals surface area contributed by atoms with E-state index in [0.717, 1.165) is 31.5 Å². The molecule has 0 unspecified atom stereocenters. The third-order valence-corrected chi connectivity index (χ3v) is 4.22. The van der Waals surface area contributed by atoms with Crippen molar-refractivity contribution < 1.29 is 9.53 Å². The smallest absolute Gasteiger partial charge is 0.248 e. The molecule has 2 rings (SSSR count). The summed E-state index contributed by atoms with van der Waals surface area (Å²) in [6.07, 6.45) is 3.24. The maximum Gasteiger partial charge on any atom is 0.248 e. The summed E-state index contributed by atoms with van der Waals surface area (Å²) < 4.78 is 7.35. The van der Waals surface area contributed by atoms with Gasteiger partial charge >= 0.3 is 0 Å². The molecule has 0 fully saturated rings. The van der Waals surface area contributed by atoms with Crippen LogP contribution >= 0.6 is 31.9 Å². The summed E-state index contributed by atoms with van der Waals surface area (Å²) in [7, 11) is 0. The summed E-state index contributed by atoms with van der Waals surface area (Å²) >= 11 is 6.88. The van der Waals surface area contributed by atoms with E-state index in [1.807, 2.05) is 50.2 Å². The van der Waals surface area contributed by atoms with E-state index >= 15 is 0 Å². The standard InChI is InChI=1S/C18H17Br2NO2/c1-3-23-17-8-6-14(19)11-13(17)5-9-18(22)21-16-7-4-12(2)10-15(16)20/h4-11H,3H2,1-2H3,(H,21,22). The van der Waals surface area contributed by atoms with Gasteiger partial charge in [0.05, 0.1) is 12.3 Å². The van der Waals surface area contributed by atoms with Crippen LogP contribution in [0.4, 0.5) is 5.69 Å². The van der Waals surface area contributed by atoms with Crippen molar-refractivity contribution in [3.63, 3.8) is 0 Å². The van der Waals surface area contributed by atoms with E-state index < -0.39 is 0 Å². The van der Waals surface area contributed by atoms with Crippen LogP contribution in [0.25, 0.3) is 6.08 Å². The summed E-state index contributed by atoms with van der Waals surface area (Å²) in [6.45, 7) is 4.50. The molecule has 23 heavy (non-hydrogen) atoms. The molecule has 0 bridgehead atoms. The van der Waals surface area contributed by atoms with Crippen LogP contribution in [0.3, 0.4) is 0 Å². The Balaban J connectivity index is 2.13. The highest BCUT2D eigenvalue weighted by molar-refractivity contribution is 9.10. The lowest BCUT2D eigenvalue weighted by Gasteiger charge is -2.08. The summed E-state index contributed by atoms with van der Waals surface area (Å²) in [4.78, 5) is 12.1. The second kappa shape index (κ2) is 8.31. The number of anilines is 1. The summed E-state index contributed by atoms with van der Waals surface area (Å²) in [5.41, 5.74) is 2.71. The number of hydrogen-bond donors (Lipinski definition) is 1. The fourth-order valence-corrected chi connectivity index (χ4v) is 2.97. The molecule has 0 aliphatic carbocycles. The first-order chi connectivity index (χ1) is 11.0. The van der Waals surface area contributed by atoms with Gasteiger partial charge in [-0.05, 0) is 71.7 Å². The maximum absolute atomic E-state index is 12.1. The lowest BCUT2D eigenvalue weighted by atomic mass is 10.2. The number of amides is 1. The first kappa shape index (κ1) is 17.8. The molecule has 0 heterocycles. The molecular formula is C18H17Br2NO2. The molecule has 120 valence electrons. The van der Waals surface area contributed by atoms with Crippen molar-refractivity contribution >= 4 is 49.5 Å². The molecule has 0 radical (unpaired) electrons. The van der Waals surface area contributed by atoms with Crippen molar-refractivity contribution in [2.45, 2.75) is 13.8 Å². The van der Waals surface area contributed by atoms with Gasteiger partial charge in [0.2, 0.25) is 5.91 Å². The third kappa shape index (κ3) is 5.22. The van der Waals surface area contributed by atoms with Gasteiger partial charge in [0.1, 0.15) is 5.75 Å². The maximum atomic E-state index is 12.1. The normalized spacial score (nSPS) is 10.8. The fourth-order valence-electron chi connectivity index (χ4n) is 2.00. The lowest BCUT2D eigenvalue weighted by Crippen LogP contribution is -2.08. The zero-order chi connectivity index (χ0) is 16.8. The first-order valence-electron chi connectivity index (χ1n) is 7.17. The van der Waals surface area contributed by atoms with E-state index in [1.54, 1.807) is 6.08 Å². The molecule has 2 aromatic carbocycles. The van der Waals surface area contributed by atoms with E-state index in [9.17, 15) is 4.79 Å². The number of hydrogen-bond acceptors (Lipinski definition) is 2. The van der Waals surface area contributed by atoms with Crippen LogP contribution in [-0.2, 0) is 4.79 Å². The topological polar surface area (TPSA) is 38.3 Å². The molecular weight excluding hydrogens is 422 g/mol. The van der Waals surface area contributed by atoms with Crippen LogP contribution in [0.15, 0.2) is 51.4 Å². The molecule has 0 spiro atoms. The van der Waals surface area contributed by atoms with Gasteiger partial charge in [-0.15, -0.1) is 0 Å². The number of carbonyl (C=O) groups is 1. The molecule has 3 nitrogen and oxygen atoms in total. The summed E-state index contributed by atoms with van der Waals surface area (Å²) in [5.74, 6) is 0.549. The van der Waals surface area contributed by atoms with Gasteiger partial charge in [0.25, 0.3) is 0 Å². The zero-order valence-corrected chi connectivity index (χ0v) is 16.1. The molecule has 1 amide bonds. The Morgan fingerprint density at radius 2 is 2.00 bits per heavy atom. The van der Waals surface area contributed by atoms with Gasteiger partial charge in [-0.2, -0.15) is 0 Å². The number of aryl methyl sites for hydroxylation is 1. The van der Waals surface area contributed by atoms with Crippen molar-refractivity contribution in [1.82, 2.24) is 0 Å². The van der Waals surface area contributed by atoms with E-state index in [4.69, 9.17) is 4.74 Å². The highest BCUT2D eigenvalue weighted by atomic mass is 79.9. The monoisotopic (exact) mass is 437 g/mol. The number of nitrogens with one attached hydrogen (secondary N) is 1. The number of benzene rings is 2. The third-order valence-electron chi connectivity index (χ3n) is 3.07. The van der Waals surface area contributed by atoms with Gasteiger partial charge in [-0.1, -0.05) is 22.0 Å². The van der Waals surface area contributed by atoms with E-state index in [-0.39, 0.29) is 5.91 Å². The molecule has 0 aromatic heterocycles. The fraction of sp³-hybridized carbons (Fsp3) is 0.167. The second-order valence-corrected chi connectivity index (χ2v) is 6.69. The zero-order valence-electron chi connectivity index (χ0n) is 12.9. The van der Waals surface area contributed by atoms with Crippen LogP contribution in [0, 0.1) is 6.92 Å². The first-order valence-corrected chi connectivity index (χ1v) is 8.75. The number of rotatable bonds is 5. The van der Waals surface area contributed by atoms with Crippen molar-refractivity contribution in [3.8, 4) is 5.75 Å². The SMILES string of the molecule is CCOc1ccc(Br)cc1C=CC(=O)Nc1ccc(C)cc1Br. The summed E-state index contributed by atoms with van der Waals surface area (Å²) in [6, 6.07) is 11.5. The van der Waals surface area contributed by atoms with Crippen molar-refractivity contribution in [2.75, 3.05) is 11.9 Å². The Labute approximate surface area is 153 Å². The molecule has 0 aliphatic rings. The minimum absolute atomic E-state index is 0.197. The lowest BCUT2D eigenvalue weighted by molar-refractivity contribution is -0.111. The molecule has 0 atom stereocenters. The Morgan fingerprint density at radius 3 is 2.70 bits per heavy atom. The quantitative estimate of drug-likeness (QED) is 0.619. The van der Waals surface area contributed by atoms with Gasteiger partial charge in [0, 0.05) is 20.6 Å². The Kier molecular flexibility index (Phi) is 6.42. The Morgan fingerprint density at radius 1 is 1.22 bits per heavy atom. The van der Waals surface area contributed by atoms with Crippen molar-refractivity contribution in [1.29, 1.82) is 0 Å². The van der Waals surface area contributed by atoms with Crippen LogP contribution in [0.5, 0.6) is 5.75 Å². The molecule has 0 aliphatic heterocycles. The molecule has 5 heteroatoms. The molecule has 0 saturated carbocycles. The minimum Gasteiger partial charge on any atom is -0.493 e. The van der Waals surface area contributed by atoms with Crippen molar-refractivity contribution in [3.05, 3.63) is 62.5 Å². The van der Waals surface area contributed by atoms with E-state index in [1.165, 1.54) is 6.08 Å². The minimum atomic E-state index is -0.197. The van der Waals surface area contributed by atoms with Crippen LogP contribution in [0.2, 0.25) is 0 Å². The number of carbonyl (C=O) groups excluding carboxylic acids is 1. The highest BCUT2D eigenvalue weighted by Crippen LogP contribution is 2.25. The van der Waals surface area contributed by atoms with Crippen LogP contribution < -0.4 is 10.1 Å². The van der Waals surface area contributed by atoms with Crippen LogP contribution in [-0.4, -0.2) is 12.5 Å². The number of halogens is 2. The van der Waals surface area contributed by atoms with Crippen LogP contribution in [0.1, 0.15) is 18.1 Å². The second-order valence-electron chi connectivity index (χ2n) is 4.92.